The van der Waals surface area contributed by atoms with Crippen LogP contribution in [-0.2, 0) is 27.3 Å². The molecule has 2 aliphatic heterocycles. The van der Waals surface area contributed by atoms with E-state index in [0.29, 0.717) is 24.4 Å². The van der Waals surface area contributed by atoms with Crippen LogP contribution in [-0.4, -0.2) is 89.7 Å². The Morgan fingerprint density at radius 1 is 0.898 bits per heavy atom. The van der Waals surface area contributed by atoms with E-state index >= 15 is 0 Å². The van der Waals surface area contributed by atoms with Crippen molar-refractivity contribution in [1.82, 2.24) is 15.1 Å². The van der Waals surface area contributed by atoms with Gasteiger partial charge in [0.05, 0.1) is 20.1 Å². The Labute approximate surface area is 344 Å². The van der Waals surface area contributed by atoms with Gasteiger partial charge in [-0.1, -0.05) is 67.8 Å². The third-order valence-corrected chi connectivity index (χ3v) is 11.2. The fraction of sp³-hybridized carbons (Fsp3) is 0.457. The SMILES string of the molecule is CCOC1(O)C=CC(N(Cc2cccc(-c3cccc(C(=O)N4CCC(CCCC5CCNCC5)CC4)c3)c2)C(=O)Cc2ccc(OC)cc2)=CC1.O=C(O)C(F)(F)F. The molecule has 1 aliphatic carbocycles. The molecule has 3 aromatic carbocycles. The van der Waals surface area contributed by atoms with Crippen molar-refractivity contribution in [2.75, 3.05) is 39.9 Å². The summed E-state index contributed by atoms with van der Waals surface area (Å²) in [6.45, 7) is 6.55. The highest BCUT2D eigenvalue weighted by Gasteiger charge is 2.38. The maximum Gasteiger partial charge on any atom is 0.490 e. The number of alkyl halides is 3. The fourth-order valence-electron chi connectivity index (χ4n) is 7.83. The molecule has 318 valence electrons. The first-order chi connectivity index (χ1) is 28.3. The molecule has 1 atom stereocenters. The lowest BCUT2D eigenvalue weighted by Crippen LogP contribution is -2.38. The molecular weight excluding hydrogens is 764 g/mol. The van der Waals surface area contributed by atoms with Gasteiger partial charge in [0, 0.05) is 37.4 Å². The minimum absolute atomic E-state index is 0.0635. The summed E-state index contributed by atoms with van der Waals surface area (Å²) in [7, 11) is 1.62. The molecule has 0 spiro atoms. The summed E-state index contributed by atoms with van der Waals surface area (Å²) in [6.07, 6.45) is 9.37. The molecule has 6 rings (SSSR count). The number of likely N-dealkylation sites (tertiary alicyclic amines) is 1. The number of rotatable bonds is 14. The monoisotopic (exact) mass is 819 g/mol. The van der Waals surface area contributed by atoms with Crippen LogP contribution in [0.1, 0.15) is 79.8 Å². The number of piperidine rings is 2. The van der Waals surface area contributed by atoms with Crippen LogP contribution in [0.3, 0.4) is 0 Å². The van der Waals surface area contributed by atoms with E-state index in [1.54, 1.807) is 24.2 Å². The van der Waals surface area contributed by atoms with Crippen LogP contribution in [0.2, 0.25) is 0 Å². The van der Waals surface area contributed by atoms with E-state index in [1.165, 1.54) is 45.2 Å². The first-order valence-corrected chi connectivity index (χ1v) is 20.5. The molecule has 0 radical (unpaired) electrons. The van der Waals surface area contributed by atoms with Gasteiger partial charge in [0.25, 0.3) is 5.91 Å². The molecular formula is C46H56F3N3O7. The van der Waals surface area contributed by atoms with Crippen LogP contribution in [0.5, 0.6) is 5.75 Å². The number of amides is 2. The summed E-state index contributed by atoms with van der Waals surface area (Å²) in [5.41, 5.74) is 5.22. The molecule has 2 fully saturated rings. The predicted octanol–water partition coefficient (Wildman–Crippen LogP) is 8.16. The standard InChI is InChI=1S/C44H55N3O5.C2HF3O2/c1-3-52-44(50)23-17-40(18-24-44)47(42(48)30-35-13-15-41(51-2)16-14-35)32-36-9-5-10-37(29-36)38-11-6-12-39(31-38)43(49)46-27-21-34(22-28-46)8-4-7-33-19-25-45-26-20-33;3-2(4,5)1(6)7/h5-6,9-18,23,29,31,33-34,45,50H,3-4,7-8,19-22,24-28,30,32H2,1-2H3;(H,6,7). The van der Waals surface area contributed by atoms with E-state index < -0.39 is 17.9 Å². The van der Waals surface area contributed by atoms with Crippen LogP contribution < -0.4 is 10.1 Å². The summed E-state index contributed by atoms with van der Waals surface area (Å²) < 4.78 is 42.6. The zero-order valence-corrected chi connectivity index (χ0v) is 33.9. The van der Waals surface area contributed by atoms with Gasteiger partial charge in [-0.25, -0.2) is 4.79 Å². The lowest BCUT2D eigenvalue weighted by Gasteiger charge is -2.32. The molecule has 13 heteroatoms. The van der Waals surface area contributed by atoms with Crippen LogP contribution in [0.25, 0.3) is 11.1 Å². The number of aliphatic carboxylic acids is 1. The van der Waals surface area contributed by atoms with Gasteiger partial charge in [-0.2, -0.15) is 13.2 Å². The highest BCUT2D eigenvalue weighted by Crippen LogP contribution is 2.30. The number of hydrogen-bond acceptors (Lipinski definition) is 7. The van der Waals surface area contributed by atoms with Crippen LogP contribution in [0, 0.1) is 11.8 Å². The minimum Gasteiger partial charge on any atom is -0.497 e. The number of halogens is 3. The molecule has 1 unspecified atom stereocenters. The molecule has 0 saturated carbocycles. The molecule has 3 aliphatic rings. The van der Waals surface area contributed by atoms with Crippen LogP contribution in [0.15, 0.2) is 96.7 Å². The van der Waals surface area contributed by atoms with Crippen molar-refractivity contribution in [3.8, 4) is 16.9 Å². The van der Waals surface area contributed by atoms with Gasteiger partial charge in [0.15, 0.2) is 5.79 Å². The second-order valence-corrected chi connectivity index (χ2v) is 15.4. The van der Waals surface area contributed by atoms with Crippen LogP contribution >= 0.6 is 0 Å². The largest absolute Gasteiger partial charge is 0.497 e. The summed E-state index contributed by atoms with van der Waals surface area (Å²) in [5, 5.41) is 21.4. The second kappa shape index (κ2) is 21.3. The summed E-state index contributed by atoms with van der Waals surface area (Å²) in [4.78, 5) is 40.3. The van der Waals surface area contributed by atoms with Crippen molar-refractivity contribution < 1.29 is 47.2 Å². The maximum absolute atomic E-state index is 13.9. The van der Waals surface area contributed by atoms with Gasteiger partial charge in [-0.3, -0.25) is 9.59 Å². The Balaban J connectivity index is 0.000000867. The second-order valence-electron chi connectivity index (χ2n) is 15.4. The van der Waals surface area contributed by atoms with Crippen molar-refractivity contribution in [1.29, 1.82) is 0 Å². The highest BCUT2D eigenvalue weighted by molar-refractivity contribution is 5.95. The van der Waals surface area contributed by atoms with Gasteiger partial charge >= 0.3 is 12.1 Å². The Morgan fingerprint density at radius 3 is 2.12 bits per heavy atom. The number of ether oxygens (including phenoxy) is 2. The zero-order chi connectivity index (χ0) is 42.4. The van der Waals surface area contributed by atoms with Gasteiger partial charge in [-0.05, 0) is 122 Å². The fourth-order valence-corrected chi connectivity index (χ4v) is 7.83. The number of nitrogens with one attached hydrogen (secondary N) is 1. The maximum atomic E-state index is 13.9. The number of allylic oxidation sites excluding steroid dienone is 1. The number of methoxy groups -OCH3 is 1. The number of aliphatic hydroxyl groups is 1. The predicted molar refractivity (Wildman–Crippen MR) is 219 cm³/mol. The zero-order valence-electron chi connectivity index (χ0n) is 33.9. The van der Waals surface area contributed by atoms with Crippen molar-refractivity contribution in [2.45, 2.75) is 83.2 Å². The van der Waals surface area contributed by atoms with Crippen molar-refractivity contribution in [3.63, 3.8) is 0 Å². The number of carboxylic acids is 1. The van der Waals surface area contributed by atoms with Gasteiger partial charge in [0.2, 0.25) is 5.91 Å². The molecule has 2 heterocycles. The van der Waals surface area contributed by atoms with Gasteiger partial charge in [-0.15, -0.1) is 0 Å². The molecule has 3 aromatic rings. The number of nitrogens with zero attached hydrogens (tertiary/aromatic N) is 2. The van der Waals surface area contributed by atoms with Crippen LogP contribution in [0.4, 0.5) is 13.2 Å². The Bertz CT molecular complexity index is 1920. The van der Waals surface area contributed by atoms with E-state index in [-0.39, 0.29) is 24.7 Å². The molecule has 59 heavy (non-hydrogen) atoms. The summed E-state index contributed by atoms with van der Waals surface area (Å²) in [6, 6.07) is 23.6. The molecule has 0 aromatic heterocycles. The van der Waals surface area contributed by atoms with Gasteiger partial charge < -0.3 is 34.8 Å². The topological polar surface area (TPSA) is 129 Å². The van der Waals surface area contributed by atoms with Crippen molar-refractivity contribution in [2.24, 2.45) is 11.8 Å². The Hall–Kier alpha value is -4.98. The summed E-state index contributed by atoms with van der Waals surface area (Å²) in [5.74, 6) is -1.76. The van der Waals surface area contributed by atoms with E-state index in [4.69, 9.17) is 19.4 Å². The van der Waals surface area contributed by atoms with Crippen molar-refractivity contribution in [3.05, 3.63) is 113 Å². The normalized spacial score (nSPS) is 18.7. The average Bonchev–Trinajstić information content (AvgIpc) is 3.24. The van der Waals surface area contributed by atoms with E-state index in [1.807, 2.05) is 84.6 Å². The first-order valence-electron chi connectivity index (χ1n) is 20.5. The Kier molecular flexibility index (Phi) is 16.3. The van der Waals surface area contributed by atoms with E-state index in [9.17, 15) is 27.9 Å². The van der Waals surface area contributed by atoms with E-state index in [0.717, 1.165) is 65.8 Å². The molecule has 0 bridgehead atoms. The highest BCUT2D eigenvalue weighted by atomic mass is 19.4. The lowest BCUT2D eigenvalue weighted by molar-refractivity contribution is -0.192. The number of carbonyl (C=O) groups is 3. The average molecular weight is 820 g/mol. The van der Waals surface area contributed by atoms with Gasteiger partial charge in [0.1, 0.15) is 5.75 Å². The smallest absolute Gasteiger partial charge is 0.490 e. The number of carboxylic acid groups (broad SMARTS) is 1. The Morgan fingerprint density at radius 2 is 1.53 bits per heavy atom. The number of hydrogen-bond donors (Lipinski definition) is 3. The molecule has 10 nitrogen and oxygen atoms in total. The minimum atomic E-state index is -5.08. The molecule has 2 amide bonds. The lowest BCUT2D eigenvalue weighted by atomic mass is 9.87. The summed E-state index contributed by atoms with van der Waals surface area (Å²) >= 11 is 0. The van der Waals surface area contributed by atoms with E-state index in [2.05, 4.69) is 11.4 Å². The molecule has 3 N–H and O–H groups in total. The number of benzene rings is 3. The molecule has 2 saturated heterocycles. The first kappa shape index (κ1) is 45.1. The third-order valence-electron chi connectivity index (χ3n) is 11.2. The third kappa shape index (κ3) is 13.5. The number of carbonyl (C=O) groups excluding carboxylic acids is 2. The quantitative estimate of drug-likeness (QED) is 0.139. The van der Waals surface area contributed by atoms with Crippen molar-refractivity contribution >= 4 is 17.8 Å².